The molecule has 1 amide bonds. The molecule has 4 rings (SSSR count). The molecule has 1 unspecified atom stereocenters. The molecule has 1 aliphatic heterocycles. The van der Waals surface area contributed by atoms with Crippen molar-refractivity contribution in [2.24, 2.45) is 0 Å². The normalized spacial score (nSPS) is 15.9. The highest BCUT2D eigenvalue weighted by atomic mass is 32.1. The van der Waals surface area contributed by atoms with Gasteiger partial charge in [-0.05, 0) is 40.9 Å². The Labute approximate surface area is 215 Å². The number of aromatic nitrogens is 1. The van der Waals surface area contributed by atoms with E-state index in [0.717, 1.165) is 5.56 Å². The molecular formula is C28H31N3O4S. The van der Waals surface area contributed by atoms with Crippen LogP contribution >= 0.6 is 11.3 Å². The van der Waals surface area contributed by atoms with E-state index in [1.807, 2.05) is 87.4 Å². The van der Waals surface area contributed by atoms with Crippen LogP contribution in [0.5, 0.6) is 5.75 Å². The highest BCUT2D eigenvalue weighted by molar-refractivity contribution is 7.17. The average molecular weight is 506 g/mol. The standard InChI is InChI=1S/C28H31N3O4S/c1-17(2)35-21-14-10-9-13-20(21)23-22(25(33)28(34)31(23)16-15-30(4)5)24(32)26-18(3)29-27(36-26)19-11-7-6-8-12-19/h6-14,17,23,33H,15-16H2,1-5H3. The lowest BCUT2D eigenvalue weighted by Gasteiger charge is -2.29. The first-order valence-electron chi connectivity index (χ1n) is 11.9. The number of nitrogens with zero attached hydrogens (tertiary/aromatic N) is 3. The first-order valence-corrected chi connectivity index (χ1v) is 12.7. The Hall–Kier alpha value is -3.49. The summed E-state index contributed by atoms with van der Waals surface area (Å²) in [6.45, 7) is 6.53. The lowest BCUT2D eigenvalue weighted by atomic mass is 9.94. The van der Waals surface area contributed by atoms with Crippen LogP contribution in [0.3, 0.4) is 0 Å². The Bertz CT molecular complexity index is 1300. The van der Waals surface area contributed by atoms with Gasteiger partial charge in [-0.2, -0.15) is 0 Å². The third-order valence-electron chi connectivity index (χ3n) is 5.94. The second-order valence-electron chi connectivity index (χ2n) is 9.30. The molecule has 1 N–H and O–H groups in total. The number of Topliss-reactive ketones (excluding diaryl/α,β-unsaturated/α-hetero) is 1. The third kappa shape index (κ3) is 5.05. The minimum Gasteiger partial charge on any atom is -0.503 e. The Kier molecular flexibility index (Phi) is 7.56. The molecule has 0 radical (unpaired) electrons. The summed E-state index contributed by atoms with van der Waals surface area (Å²) in [5, 5.41) is 11.8. The summed E-state index contributed by atoms with van der Waals surface area (Å²) in [5.41, 5.74) is 2.19. The van der Waals surface area contributed by atoms with Crippen LogP contribution in [0.2, 0.25) is 0 Å². The monoisotopic (exact) mass is 505 g/mol. The summed E-state index contributed by atoms with van der Waals surface area (Å²) >= 11 is 1.27. The van der Waals surface area contributed by atoms with Crippen LogP contribution in [0.25, 0.3) is 10.6 Å². The van der Waals surface area contributed by atoms with Crippen molar-refractivity contribution in [1.29, 1.82) is 0 Å². The zero-order valence-corrected chi connectivity index (χ0v) is 22.0. The number of ether oxygens (including phenoxy) is 1. The number of amides is 1. The Morgan fingerprint density at radius 2 is 1.81 bits per heavy atom. The van der Waals surface area contributed by atoms with Gasteiger partial charge in [-0.25, -0.2) is 4.98 Å². The fraction of sp³-hybridized carbons (Fsp3) is 0.321. The molecule has 1 aromatic heterocycles. The summed E-state index contributed by atoms with van der Waals surface area (Å²) in [6, 6.07) is 16.2. The van der Waals surface area contributed by atoms with Gasteiger partial charge in [0.25, 0.3) is 5.91 Å². The highest BCUT2D eigenvalue weighted by Gasteiger charge is 2.45. The van der Waals surface area contributed by atoms with Gasteiger partial charge in [-0.3, -0.25) is 9.59 Å². The molecule has 0 bridgehead atoms. The topological polar surface area (TPSA) is 83.0 Å². The van der Waals surface area contributed by atoms with Crippen LogP contribution in [0.4, 0.5) is 0 Å². The van der Waals surface area contributed by atoms with Crippen molar-refractivity contribution >= 4 is 23.0 Å². The summed E-state index contributed by atoms with van der Waals surface area (Å²) in [4.78, 5) is 35.8. The molecule has 8 heteroatoms. The highest BCUT2D eigenvalue weighted by Crippen LogP contribution is 2.43. The van der Waals surface area contributed by atoms with Crippen molar-refractivity contribution in [3.05, 3.63) is 82.1 Å². The number of aliphatic hydroxyl groups excluding tert-OH is 1. The van der Waals surface area contributed by atoms with E-state index in [4.69, 9.17) is 4.74 Å². The first kappa shape index (κ1) is 25.6. The number of hydrogen-bond donors (Lipinski definition) is 1. The van der Waals surface area contributed by atoms with Crippen LogP contribution < -0.4 is 4.74 Å². The van der Waals surface area contributed by atoms with Crippen LogP contribution in [0, 0.1) is 6.92 Å². The number of likely N-dealkylation sites (N-methyl/N-ethyl adjacent to an activating group) is 1. The lowest BCUT2D eigenvalue weighted by Crippen LogP contribution is -2.36. The zero-order chi connectivity index (χ0) is 26.0. The van der Waals surface area contributed by atoms with Gasteiger partial charge >= 0.3 is 0 Å². The van der Waals surface area contributed by atoms with Gasteiger partial charge in [0.15, 0.2) is 5.76 Å². The van der Waals surface area contributed by atoms with E-state index in [1.165, 1.54) is 11.3 Å². The van der Waals surface area contributed by atoms with E-state index >= 15 is 0 Å². The summed E-state index contributed by atoms with van der Waals surface area (Å²) < 4.78 is 6.05. The van der Waals surface area contributed by atoms with Gasteiger partial charge in [-0.15, -0.1) is 11.3 Å². The molecule has 0 saturated heterocycles. The number of rotatable bonds is 9. The quantitative estimate of drug-likeness (QED) is 0.410. The molecule has 0 spiro atoms. The predicted molar refractivity (Wildman–Crippen MR) is 141 cm³/mol. The van der Waals surface area contributed by atoms with E-state index < -0.39 is 23.5 Å². The van der Waals surface area contributed by atoms with Gasteiger partial charge < -0.3 is 19.6 Å². The smallest absolute Gasteiger partial charge is 0.290 e. The summed E-state index contributed by atoms with van der Waals surface area (Å²) in [7, 11) is 3.83. The fourth-order valence-corrected chi connectivity index (χ4v) is 5.27. The van der Waals surface area contributed by atoms with Crippen molar-refractivity contribution in [3.8, 4) is 16.3 Å². The van der Waals surface area contributed by atoms with Gasteiger partial charge in [0.2, 0.25) is 5.78 Å². The number of para-hydroxylation sites is 1. The van der Waals surface area contributed by atoms with Crippen LogP contribution in [-0.4, -0.2) is 64.9 Å². The Morgan fingerprint density at radius 1 is 1.14 bits per heavy atom. The maximum atomic E-state index is 14.0. The number of thiazole rings is 1. The number of aliphatic hydroxyl groups is 1. The van der Waals surface area contributed by atoms with Crippen molar-refractivity contribution in [2.45, 2.75) is 32.9 Å². The molecule has 2 heterocycles. The Balaban J connectivity index is 1.81. The van der Waals surface area contributed by atoms with Crippen LogP contribution in [0.15, 0.2) is 65.9 Å². The number of aryl methyl sites for hydroxylation is 1. The van der Waals surface area contributed by atoms with E-state index in [-0.39, 0.29) is 11.7 Å². The second kappa shape index (κ2) is 10.6. The molecule has 36 heavy (non-hydrogen) atoms. The molecule has 0 saturated carbocycles. The van der Waals surface area contributed by atoms with E-state index in [0.29, 0.717) is 40.0 Å². The van der Waals surface area contributed by atoms with Crippen molar-refractivity contribution in [1.82, 2.24) is 14.8 Å². The largest absolute Gasteiger partial charge is 0.503 e. The molecule has 0 aliphatic carbocycles. The van der Waals surface area contributed by atoms with Crippen molar-refractivity contribution < 1.29 is 19.4 Å². The minimum atomic E-state index is -0.776. The number of carbonyl (C=O) groups excluding carboxylic acids is 2. The summed E-state index contributed by atoms with van der Waals surface area (Å²) in [5.74, 6) is -0.895. The Morgan fingerprint density at radius 3 is 2.47 bits per heavy atom. The average Bonchev–Trinajstić information content (AvgIpc) is 3.35. The lowest BCUT2D eigenvalue weighted by molar-refractivity contribution is -0.129. The van der Waals surface area contributed by atoms with E-state index in [1.54, 1.807) is 11.8 Å². The molecule has 188 valence electrons. The predicted octanol–water partition coefficient (Wildman–Crippen LogP) is 5.05. The van der Waals surface area contributed by atoms with Gasteiger partial charge in [0.05, 0.1) is 28.3 Å². The SMILES string of the molecule is Cc1nc(-c2ccccc2)sc1C(=O)C1=C(O)C(=O)N(CCN(C)C)C1c1ccccc1OC(C)C. The number of carbonyl (C=O) groups is 2. The van der Waals surface area contributed by atoms with Crippen LogP contribution in [0.1, 0.15) is 40.8 Å². The molecule has 3 aromatic rings. The maximum Gasteiger partial charge on any atom is 0.290 e. The first-order chi connectivity index (χ1) is 17.2. The molecule has 1 atom stereocenters. The van der Waals surface area contributed by atoms with Gasteiger partial charge in [0.1, 0.15) is 10.8 Å². The number of hydrogen-bond acceptors (Lipinski definition) is 7. The molecular weight excluding hydrogens is 474 g/mol. The van der Waals surface area contributed by atoms with Gasteiger partial charge in [-0.1, -0.05) is 48.5 Å². The molecule has 1 aliphatic rings. The summed E-state index contributed by atoms with van der Waals surface area (Å²) in [6.07, 6.45) is -0.104. The molecule has 7 nitrogen and oxygen atoms in total. The van der Waals surface area contributed by atoms with Gasteiger partial charge in [0, 0.05) is 24.2 Å². The van der Waals surface area contributed by atoms with E-state index in [2.05, 4.69) is 4.98 Å². The fourth-order valence-electron chi connectivity index (χ4n) is 4.25. The van der Waals surface area contributed by atoms with Crippen molar-refractivity contribution in [2.75, 3.05) is 27.2 Å². The zero-order valence-electron chi connectivity index (χ0n) is 21.2. The second-order valence-corrected chi connectivity index (χ2v) is 10.3. The minimum absolute atomic E-state index is 0.0601. The van der Waals surface area contributed by atoms with Crippen molar-refractivity contribution in [3.63, 3.8) is 0 Å². The number of ketones is 1. The van der Waals surface area contributed by atoms with E-state index in [9.17, 15) is 14.7 Å². The molecule has 2 aromatic carbocycles. The maximum absolute atomic E-state index is 14.0. The number of benzene rings is 2. The molecule has 0 fully saturated rings. The van der Waals surface area contributed by atoms with Crippen LogP contribution in [-0.2, 0) is 4.79 Å². The third-order valence-corrected chi connectivity index (χ3v) is 7.14.